The molecule has 2 nitrogen and oxygen atoms in total. The number of hydrogen-bond donors (Lipinski definition) is 0. The van der Waals surface area contributed by atoms with Gasteiger partial charge in [-0.15, -0.1) is 0 Å². The van der Waals surface area contributed by atoms with E-state index < -0.39 is 11.7 Å². The van der Waals surface area contributed by atoms with Gasteiger partial charge in [0.15, 0.2) is 0 Å². The Hall–Kier alpha value is -1.26. The standard InChI is InChI=1S/C10H14F3NO.C2H6/c1-7(8(2)14(3)4)9(5-6-15)10(11,12)13;1-2/h5-6H,1-4H3;1-2H3/b8-7-,9-5+;. The van der Waals surface area contributed by atoms with E-state index in [2.05, 4.69) is 0 Å². The fourth-order valence-corrected chi connectivity index (χ4v) is 1.03. The lowest BCUT2D eigenvalue weighted by molar-refractivity contribution is -0.106. The summed E-state index contributed by atoms with van der Waals surface area (Å²) in [7, 11) is 3.29. The zero-order chi connectivity index (χ0) is 14.2. The van der Waals surface area contributed by atoms with Crippen LogP contribution in [0.25, 0.3) is 0 Å². The van der Waals surface area contributed by atoms with Crippen molar-refractivity contribution in [2.24, 2.45) is 0 Å². The molecule has 0 rings (SSSR count). The van der Waals surface area contributed by atoms with Crippen molar-refractivity contribution in [3.8, 4) is 0 Å². The van der Waals surface area contributed by atoms with Crippen LogP contribution in [0.3, 0.4) is 0 Å². The molecule has 0 unspecified atom stereocenters. The number of rotatable bonds is 3. The minimum Gasteiger partial charge on any atom is -0.381 e. The zero-order valence-electron chi connectivity index (χ0n) is 11.1. The molecule has 0 amide bonds. The van der Waals surface area contributed by atoms with Gasteiger partial charge in [0.05, 0.1) is 5.57 Å². The van der Waals surface area contributed by atoms with Gasteiger partial charge in [0.25, 0.3) is 0 Å². The first-order chi connectivity index (χ1) is 7.71. The molecule has 0 aromatic heterocycles. The molecule has 5 heteroatoms. The smallest absolute Gasteiger partial charge is 0.381 e. The Morgan fingerprint density at radius 2 is 1.53 bits per heavy atom. The topological polar surface area (TPSA) is 20.3 Å². The predicted octanol–water partition coefficient (Wildman–Crippen LogP) is 3.56. The molecule has 17 heavy (non-hydrogen) atoms. The van der Waals surface area contributed by atoms with Crippen LogP contribution >= 0.6 is 0 Å². The molecule has 0 aromatic rings. The van der Waals surface area contributed by atoms with E-state index in [1.54, 1.807) is 25.9 Å². The Balaban J connectivity index is 0. The third-order valence-corrected chi connectivity index (χ3v) is 2.16. The largest absolute Gasteiger partial charge is 0.416 e. The van der Waals surface area contributed by atoms with E-state index in [9.17, 15) is 18.0 Å². The molecule has 0 N–H and O–H groups in total. The van der Waals surface area contributed by atoms with Crippen molar-refractivity contribution in [1.82, 2.24) is 4.90 Å². The second-order valence-corrected chi connectivity index (χ2v) is 3.32. The number of hydrogen-bond acceptors (Lipinski definition) is 2. The van der Waals surface area contributed by atoms with Gasteiger partial charge >= 0.3 is 6.18 Å². The van der Waals surface area contributed by atoms with Crippen LogP contribution in [0.1, 0.15) is 27.7 Å². The molecule has 100 valence electrons. The van der Waals surface area contributed by atoms with Gasteiger partial charge in [0.2, 0.25) is 0 Å². The third-order valence-electron chi connectivity index (χ3n) is 2.16. The highest BCUT2D eigenvalue weighted by Gasteiger charge is 2.35. The summed E-state index contributed by atoms with van der Waals surface area (Å²) in [5, 5.41) is 0. The Labute approximate surface area is 101 Å². The van der Waals surface area contributed by atoms with E-state index in [1.165, 1.54) is 6.92 Å². The van der Waals surface area contributed by atoms with Crippen molar-refractivity contribution in [3.63, 3.8) is 0 Å². The number of aldehydes is 1. The van der Waals surface area contributed by atoms with Crippen LogP contribution in [0.15, 0.2) is 22.9 Å². The summed E-state index contributed by atoms with van der Waals surface area (Å²) < 4.78 is 37.5. The van der Waals surface area contributed by atoms with Crippen LogP contribution < -0.4 is 0 Å². The zero-order valence-corrected chi connectivity index (χ0v) is 11.1. The Morgan fingerprint density at radius 3 is 1.76 bits per heavy atom. The lowest BCUT2D eigenvalue weighted by Crippen LogP contribution is -2.18. The molecule has 0 aliphatic carbocycles. The lowest BCUT2D eigenvalue weighted by atomic mass is 10.1. The van der Waals surface area contributed by atoms with E-state index in [0.29, 0.717) is 11.8 Å². The van der Waals surface area contributed by atoms with Gasteiger partial charge in [-0.05, 0) is 25.5 Å². The Kier molecular flexibility index (Phi) is 8.44. The highest BCUT2D eigenvalue weighted by molar-refractivity contribution is 5.68. The van der Waals surface area contributed by atoms with Crippen molar-refractivity contribution in [2.45, 2.75) is 33.9 Å². The van der Waals surface area contributed by atoms with Gasteiger partial charge in [-0.2, -0.15) is 13.2 Å². The fraction of sp³-hybridized carbons (Fsp3) is 0.583. The number of halogens is 3. The van der Waals surface area contributed by atoms with Gasteiger partial charge in [-0.3, -0.25) is 4.79 Å². The quantitative estimate of drug-likeness (QED) is 0.434. The maximum absolute atomic E-state index is 12.5. The summed E-state index contributed by atoms with van der Waals surface area (Å²) in [4.78, 5) is 11.7. The monoisotopic (exact) mass is 251 g/mol. The van der Waals surface area contributed by atoms with Crippen LogP contribution in [0.4, 0.5) is 13.2 Å². The van der Waals surface area contributed by atoms with Crippen LogP contribution in [0.5, 0.6) is 0 Å². The first-order valence-electron chi connectivity index (χ1n) is 5.29. The summed E-state index contributed by atoms with van der Waals surface area (Å²) in [5.74, 6) is 0. The molecular formula is C12H20F3NO. The highest BCUT2D eigenvalue weighted by Crippen LogP contribution is 2.32. The van der Waals surface area contributed by atoms with E-state index >= 15 is 0 Å². The molecule has 0 heterocycles. The molecule has 0 bridgehead atoms. The van der Waals surface area contributed by atoms with Crippen LogP contribution in [-0.2, 0) is 4.79 Å². The molecular weight excluding hydrogens is 231 g/mol. The number of carbonyl (C=O) groups is 1. The van der Waals surface area contributed by atoms with Gasteiger partial charge < -0.3 is 4.90 Å². The number of alkyl halides is 3. The first kappa shape index (κ1) is 18.1. The van der Waals surface area contributed by atoms with Crippen molar-refractivity contribution < 1.29 is 18.0 Å². The van der Waals surface area contributed by atoms with Gasteiger partial charge in [0.1, 0.15) is 6.29 Å². The third kappa shape index (κ3) is 6.14. The predicted molar refractivity (Wildman–Crippen MR) is 63.6 cm³/mol. The van der Waals surface area contributed by atoms with Gasteiger partial charge in [-0.1, -0.05) is 13.8 Å². The molecule has 0 aromatic carbocycles. The van der Waals surface area contributed by atoms with E-state index in [0.717, 1.165) is 0 Å². The van der Waals surface area contributed by atoms with E-state index in [1.807, 2.05) is 13.8 Å². The summed E-state index contributed by atoms with van der Waals surface area (Å²) in [6.45, 7) is 6.91. The second kappa shape index (κ2) is 7.92. The lowest BCUT2D eigenvalue weighted by Gasteiger charge is -2.19. The van der Waals surface area contributed by atoms with Crippen LogP contribution in [-0.4, -0.2) is 31.5 Å². The maximum atomic E-state index is 12.5. The average Bonchev–Trinajstić information content (AvgIpc) is 2.25. The van der Waals surface area contributed by atoms with Crippen LogP contribution in [0.2, 0.25) is 0 Å². The van der Waals surface area contributed by atoms with Crippen molar-refractivity contribution in [2.75, 3.05) is 14.1 Å². The Bertz CT molecular complexity index is 301. The second-order valence-electron chi connectivity index (χ2n) is 3.32. The first-order valence-corrected chi connectivity index (χ1v) is 5.29. The normalized spacial score (nSPS) is 13.4. The van der Waals surface area contributed by atoms with Crippen molar-refractivity contribution >= 4 is 6.29 Å². The molecule has 0 saturated heterocycles. The molecule has 0 radical (unpaired) electrons. The molecule has 0 fully saturated rings. The fourth-order valence-electron chi connectivity index (χ4n) is 1.03. The van der Waals surface area contributed by atoms with Crippen molar-refractivity contribution in [1.29, 1.82) is 0 Å². The minimum absolute atomic E-state index is 0.0552. The number of nitrogens with zero attached hydrogens (tertiary/aromatic N) is 1. The van der Waals surface area contributed by atoms with Crippen LogP contribution in [0, 0.1) is 0 Å². The number of allylic oxidation sites excluding steroid dienone is 4. The average molecular weight is 251 g/mol. The van der Waals surface area contributed by atoms with Crippen molar-refractivity contribution in [3.05, 3.63) is 22.9 Å². The highest BCUT2D eigenvalue weighted by atomic mass is 19.4. The molecule has 0 spiro atoms. The molecule has 0 aliphatic heterocycles. The summed E-state index contributed by atoms with van der Waals surface area (Å²) in [5.41, 5.74) is -0.372. The summed E-state index contributed by atoms with van der Waals surface area (Å²) >= 11 is 0. The van der Waals surface area contributed by atoms with Gasteiger partial charge in [-0.25, -0.2) is 0 Å². The van der Waals surface area contributed by atoms with E-state index in [-0.39, 0.29) is 11.9 Å². The SMILES string of the molecule is CC.CC(=C(\C)N(C)C)/C(=C\C=O)C(F)(F)F. The summed E-state index contributed by atoms with van der Waals surface area (Å²) in [6.07, 6.45) is -3.81. The van der Waals surface area contributed by atoms with E-state index in [4.69, 9.17) is 0 Å². The molecule has 0 saturated carbocycles. The maximum Gasteiger partial charge on any atom is 0.416 e. The minimum atomic E-state index is -4.50. The molecule has 0 atom stereocenters. The number of carbonyl (C=O) groups excluding carboxylic acids is 1. The summed E-state index contributed by atoms with van der Waals surface area (Å²) in [6, 6.07) is 0. The molecule has 0 aliphatic rings. The Morgan fingerprint density at radius 1 is 1.12 bits per heavy atom. The van der Waals surface area contributed by atoms with Gasteiger partial charge in [0, 0.05) is 19.8 Å².